The van der Waals surface area contributed by atoms with E-state index in [9.17, 15) is 5.11 Å². The maximum atomic E-state index is 9.21. The van der Waals surface area contributed by atoms with E-state index in [0.717, 1.165) is 24.6 Å². The molecule has 2 unspecified atom stereocenters. The zero-order chi connectivity index (χ0) is 13.4. The average molecular weight is 267 g/mol. The van der Waals surface area contributed by atoms with Gasteiger partial charge in [0.05, 0.1) is 0 Å². The SMILES string of the molecule is CSC(C)CCNC(C)CCc1ccc(O)cc1. The summed E-state index contributed by atoms with van der Waals surface area (Å²) in [5.74, 6) is 0.343. The van der Waals surface area contributed by atoms with Gasteiger partial charge >= 0.3 is 0 Å². The third-order valence-corrected chi connectivity index (χ3v) is 4.29. The summed E-state index contributed by atoms with van der Waals surface area (Å²) in [5, 5.41) is 13.5. The Morgan fingerprint density at radius 3 is 2.44 bits per heavy atom. The Hall–Kier alpha value is -0.670. The molecule has 1 aromatic rings. The number of rotatable bonds is 8. The zero-order valence-electron chi connectivity index (χ0n) is 11.6. The number of aromatic hydroxyl groups is 1. The Morgan fingerprint density at radius 2 is 1.83 bits per heavy atom. The first-order valence-electron chi connectivity index (χ1n) is 6.66. The maximum Gasteiger partial charge on any atom is 0.115 e. The van der Waals surface area contributed by atoms with Crippen molar-refractivity contribution in [1.82, 2.24) is 5.32 Å². The molecular formula is C15H25NOS. The third kappa shape index (κ3) is 6.31. The van der Waals surface area contributed by atoms with Gasteiger partial charge in [-0.05, 0) is 56.7 Å². The molecule has 2 atom stereocenters. The van der Waals surface area contributed by atoms with Crippen LogP contribution in [0.25, 0.3) is 0 Å². The highest BCUT2D eigenvalue weighted by molar-refractivity contribution is 7.99. The second-order valence-corrected chi connectivity index (χ2v) is 6.17. The fraction of sp³-hybridized carbons (Fsp3) is 0.600. The summed E-state index contributed by atoms with van der Waals surface area (Å²) in [6.07, 6.45) is 5.59. The highest BCUT2D eigenvalue weighted by Crippen LogP contribution is 2.12. The van der Waals surface area contributed by atoms with Gasteiger partial charge in [-0.25, -0.2) is 0 Å². The number of hydrogen-bond donors (Lipinski definition) is 2. The van der Waals surface area contributed by atoms with Gasteiger partial charge in [-0.15, -0.1) is 0 Å². The van der Waals surface area contributed by atoms with Crippen LogP contribution < -0.4 is 5.32 Å². The molecule has 3 heteroatoms. The summed E-state index contributed by atoms with van der Waals surface area (Å²) in [6, 6.07) is 8.06. The van der Waals surface area contributed by atoms with E-state index in [2.05, 4.69) is 25.4 Å². The Kier molecular flexibility index (Phi) is 7.21. The Balaban J connectivity index is 2.16. The molecule has 0 bridgehead atoms. The van der Waals surface area contributed by atoms with E-state index in [4.69, 9.17) is 0 Å². The number of benzene rings is 1. The molecule has 0 spiro atoms. The van der Waals surface area contributed by atoms with Crippen LogP contribution in [0.15, 0.2) is 24.3 Å². The number of phenols is 1. The smallest absolute Gasteiger partial charge is 0.115 e. The molecule has 102 valence electrons. The minimum atomic E-state index is 0.343. The highest BCUT2D eigenvalue weighted by Gasteiger charge is 2.04. The average Bonchev–Trinajstić information content (AvgIpc) is 2.38. The standard InChI is InChI=1S/C15H25NOS/c1-12(16-11-10-13(2)18-3)4-5-14-6-8-15(17)9-7-14/h6-9,12-13,16-17H,4-5,10-11H2,1-3H3. The summed E-state index contributed by atoms with van der Waals surface area (Å²) in [6.45, 7) is 5.61. The molecule has 0 aliphatic heterocycles. The van der Waals surface area contributed by atoms with E-state index >= 15 is 0 Å². The van der Waals surface area contributed by atoms with Crippen LogP contribution >= 0.6 is 11.8 Å². The molecule has 0 fully saturated rings. The van der Waals surface area contributed by atoms with E-state index in [-0.39, 0.29) is 0 Å². The van der Waals surface area contributed by atoms with Crippen molar-refractivity contribution in [2.75, 3.05) is 12.8 Å². The molecule has 0 saturated heterocycles. The summed E-state index contributed by atoms with van der Waals surface area (Å²) in [4.78, 5) is 0. The molecule has 0 radical (unpaired) electrons. The Morgan fingerprint density at radius 1 is 1.17 bits per heavy atom. The fourth-order valence-electron chi connectivity index (χ4n) is 1.80. The first kappa shape index (κ1) is 15.4. The lowest BCUT2D eigenvalue weighted by Gasteiger charge is -2.15. The van der Waals surface area contributed by atoms with Gasteiger partial charge in [-0.1, -0.05) is 19.1 Å². The van der Waals surface area contributed by atoms with Gasteiger partial charge < -0.3 is 10.4 Å². The van der Waals surface area contributed by atoms with E-state index in [1.165, 1.54) is 12.0 Å². The van der Waals surface area contributed by atoms with Crippen molar-refractivity contribution in [3.05, 3.63) is 29.8 Å². The van der Waals surface area contributed by atoms with Crippen molar-refractivity contribution in [2.45, 2.75) is 44.4 Å². The topological polar surface area (TPSA) is 32.3 Å². The molecule has 2 N–H and O–H groups in total. The van der Waals surface area contributed by atoms with E-state index in [1.807, 2.05) is 23.9 Å². The first-order chi connectivity index (χ1) is 8.61. The Bertz CT molecular complexity index is 326. The quantitative estimate of drug-likeness (QED) is 0.756. The number of nitrogens with one attached hydrogen (secondary N) is 1. The maximum absolute atomic E-state index is 9.21. The summed E-state index contributed by atoms with van der Waals surface area (Å²) < 4.78 is 0. The third-order valence-electron chi connectivity index (χ3n) is 3.25. The van der Waals surface area contributed by atoms with Crippen LogP contribution in [0.2, 0.25) is 0 Å². The number of aryl methyl sites for hydroxylation is 1. The summed E-state index contributed by atoms with van der Waals surface area (Å²) in [5.41, 5.74) is 1.29. The zero-order valence-corrected chi connectivity index (χ0v) is 12.5. The second-order valence-electron chi connectivity index (χ2n) is 4.90. The molecule has 2 nitrogen and oxygen atoms in total. The molecule has 18 heavy (non-hydrogen) atoms. The molecule has 1 rings (SSSR count). The molecule has 0 aromatic heterocycles. The van der Waals surface area contributed by atoms with Gasteiger partial charge in [0.25, 0.3) is 0 Å². The molecule has 0 aliphatic carbocycles. The van der Waals surface area contributed by atoms with Gasteiger partial charge in [-0.2, -0.15) is 11.8 Å². The molecule has 1 aromatic carbocycles. The molecule has 0 amide bonds. The summed E-state index contributed by atoms with van der Waals surface area (Å²) in [7, 11) is 0. The van der Waals surface area contributed by atoms with Crippen LogP contribution in [0.1, 0.15) is 32.3 Å². The first-order valence-corrected chi connectivity index (χ1v) is 7.94. The molecular weight excluding hydrogens is 242 g/mol. The van der Waals surface area contributed by atoms with Crippen molar-refractivity contribution < 1.29 is 5.11 Å². The minimum Gasteiger partial charge on any atom is -0.508 e. The van der Waals surface area contributed by atoms with E-state index in [0.29, 0.717) is 11.8 Å². The lowest BCUT2D eigenvalue weighted by molar-refractivity contribution is 0.474. The van der Waals surface area contributed by atoms with E-state index in [1.54, 1.807) is 12.1 Å². The van der Waals surface area contributed by atoms with Gasteiger partial charge in [0.15, 0.2) is 0 Å². The van der Waals surface area contributed by atoms with E-state index < -0.39 is 0 Å². The van der Waals surface area contributed by atoms with Crippen molar-refractivity contribution in [2.24, 2.45) is 0 Å². The minimum absolute atomic E-state index is 0.343. The van der Waals surface area contributed by atoms with Crippen molar-refractivity contribution in [3.63, 3.8) is 0 Å². The van der Waals surface area contributed by atoms with Crippen LogP contribution in [-0.4, -0.2) is 29.2 Å². The van der Waals surface area contributed by atoms with Crippen LogP contribution in [0.4, 0.5) is 0 Å². The van der Waals surface area contributed by atoms with Gasteiger partial charge in [0, 0.05) is 11.3 Å². The van der Waals surface area contributed by atoms with Crippen molar-refractivity contribution in [3.8, 4) is 5.75 Å². The van der Waals surface area contributed by atoms with Crippen LogP contribution in [0.3, 0.4) is 0 Å². The highest BCUT2D eigenvalue weighted by atomic mass is 32.2. The predicted molar refractivity (Wildman–Crippen MR) is 81.5 cm³/mol. The van der Waals surface area contributed by atoms with Crippen LogP contribution in [-0.2, 0) is 6.42 Å². The number of thioether (sulfide) groups is 1. The lowest BCUT2D eigenvalue weighted by atomic mass is 10.1. The normalized spacial score (nSPS) is 14.4. The van der Waals surface area contributed by atoms with Gasteiger partial charge in [0.2, 0.25) is 0 Å². The van der Waals surface area contributed by atoms with Crippen molar-refractivity contribution in [1.29, 1.82) is 0 Å². The predicted octanol–water partition coefficient (Wildman–Crippen LogP) is 3.44. The number of phenolic OH excluding ortho intramolecular Hbond substituents is 1. The lowest BCUT2D eigenvalue weighted by Crippen LogP contribution is -2.28. The fourth-order valence-corrected chi connectivity index (χ4v) is 2.15. The van der Waals surface area contributed by atoms with Gasteiger partial charge in [0.1, 0.15) is 5.75 Å². The Labute approximate surface area is 115 Å². The van der Waals surface area contributed by atoms with Crippen molar-refractivity contribution >= 4 is 11.8 Å². The monoisotopic (exact) mass is 267 g/mol. The molecule has 0 saturated carbocycles. The number of hydrogen-bond acceptors (Lipinski definition) is 3. The van der Waals surface area contributed by atoms with Gasteiger partial charge in [-0.3, -0.25) is 0 Å². The second kappa shape index (κ2) is 8.44. The summed E-state index contributed by atoms with van der Waals surface area (Å²) >= 11 is 1.92. The molecule has 0 heterocycles. The van der Waals surface area contributed by atoms with Crippen LogP contribution in [0.5, 0.6) is 5.75 Å². The molecule has 0 aliphatic rings. The van der Waals surface area contributed by atoms with Crippen LogP contribution in [0, 0.1) is 0 Å². The largest absolute Gasteiger partial charge is 0.508 e.